The number of aliphatic hydroxyl groups is 1. The third-order valence-corrected chi connectivity index (χ3v) is 4.00. The fourth-order valence-corrected chi connectivity index (χ4v) is 2.78. The number of likely N-dealkylation sites (N-methyl/N-ethyl adjacent to an activating group) is 1. The lowest BCUT2D eigenvalue weighted by Crippen LogP contribution is -2.46. The van der Waals surface area contributed by atoms with Crippen molar-refractivity contribution in [3.05, 3.63) is 0 Å². The normalized spacial score (nSPS) is 25.5. The first kappa shape index (κ1) is 12.8. The Hall–Kier alpha value is -0.630. The summed E-state index contributed by atoms with van der Waals surface area (Å²) < 4.78 is 5.28. The van der Waals surface area contributed by atoms with Gasteiger partial charge in [-0.1, -0.05) is 0 Å². The SMILES string of the molecule is CN(CC1(O)CCOCC1)CC1(CC#N)CC1. The predicted molar refractivity (Wildman–Crippen MR) is 64.4 cm³/mol. The molecule has 1 saturated carbocycles. The summed E-state index contributed by atoms with van der Waals surface area (Å²) in [7, 11) is 2.05. The van der Waals surface area contributed by atoms with Crippen molar-refractivity contribution in [3.63, 3.8) is 0 Å². The van der Waals surface area contributed by atoms with Crippen LogP contribution in [0.3, 0.4) is 0 Å². The summed E-state index contributed by atoms with van der Waals surface area (Å²) >= 11 is 0. The van der Waals surface area contributed by atoms with Crippen LogP contribution in [-0.4, -0.2) is 49.0 Å². The van der Waals surface area contributed by atoms with Crippen molar-refractivity contribution >= 4 is 0 Å². The minimum atomic E-state index is -0.588. The molecule has 0 aromatic rings. The molecule has 2 aliphatic rings. The molecule has 1 saturated heterocycles. The molecule has 0 aromatic carbocycles. The van der Waals surface area contributed by atoms with Gasteiger partial charge >= 0.3 is 0 Å². The minimum absolute atomic E-state index is 0.227. The highest BCUT2D eigenvalue weighted by Gasteiger charge is 2.44. The summed E-state index contributed by atoms with van der Waals surface area (Å²) in [4.78, 5) is 2.19. The van der Waals surface area contributed by atoms with Gasteiger partial charge in [-0.05, 0) is 25.3 Å². The van der Waals surface area contributed by atoms with E-state index in [-0.39, 0.29) is 5.41 Å². The zero-order valence-electron chi connectivity index (χ0n) is 10.6. The van der Waals surface area contributed by atoms with Crippen LogP contribution in [0.1, 0.15) is 32.1 Å². The first-order valence-corrected chi connectivity index (χ1v) is 6.43. The molecule has 0 radical (unpaired) electrons. The van der Waals surface area contributed by atoms with Crippen LogP contribution in [0.15, 0.2) is 0 Å². The van der Waals surface area contributed by atoms with E-state index >= 15 is 0 Å². The highest BCUT2D eigenvalue weighted by atomic mass is 16.5. The van der Waals surface area contributed by atoms with Gasteiger partial charge in [-0.15, -0.1) is 0 Å². The molecule has 0 unspecified atom stereocenters. The lowest BCUT2D eigenvalue weighted by molar-refractivity contribution is -0.0784. The van der Waals surface area contributed by atoms with Crippen LogP contribution in [-0.2, 0) is 4.74 Å². The topological polar surface area (TPSA) is 56.5 Å². The van der Waals surface area contributed by atoms with E-state index in [0.717, 1.165) is 32.2 Å². The Morgan fingerprint density at radius 1 is 1.24 bits per heavy atom. The lowest BCUT2D eigenvalue weighted by atomic mass is 9.93. The standard InChI is InChI=1S/C13H22N2O2/c1-15(10-12(2-3-12)4-7-14)11-13(16)5-8-17-9-6-13/h16H,2-6,8-11H2,1H3. The van der Waals surface area contributed by atoms with E-state index in [4.69, 9.17) is 10.00 Å². The Morgan fingerprint density at radius 3 is 2.41 bits per heavy atom. The van der Waals surface area contributed by atoms with Gasteiger partial charge in [0.1, 0.15) is 0 Å². The molecular formula is C13H22N2O2. The average Bonchev–Trinajstić information content (AvgIpc) is 2.98. The predicted octanol–water partition coefficient (Wildman–Crippen LogP) is 1.15. The molecule has 0 atom stereocenters. The van der Waals surface area contributed by atoms with Crippen LogP contribution in [0.5, 0.6) is 0 Å². The highest BCUT2D eigenvalue weighted by molar-refractivity contribution is 5.01. The van der Waals surface area contributed by atoms with E-state index < -0.39 is 5.60 Å². The molecule has 4 nitrogen and oxygen atoms in total. The van der Waals surface area contributed by atoms with Gasteiger partial charge in [0.25, 0.3) is 0 Å². The molecule has 1 aliphatic heterocycles. The van der Waals surface area contributed by atoms with Crippen molar-refractivity contribution in [1.82, 2.24) is 4.90 Å². The van der Waals surface area contributed by atoms with E-state index in [0.29, 0.717) is 26.2 Å². The van der Waals surface area contributed by atoms with Crippen molar-refractivity contribution in [2.45, 2.75) is 37.7 Å². The molecule has 17 heavy (non-hydrogen) atoms. The Kier molecular flexibility index (Phi) is 3.72. The van der Waals surface area contributed by atoms with Gasteiger partial charge in [-0.3, -0.25) is 0 Å². The molecular weight excluding hydrogens is 216 g/mol. The Bertz CT molecular complexity index is 301. The molecule has 0 aromatic heterocycles. The molecule has 2 rings (SSSR count). The molecule has 1 N–H and O–H groups in total. The molecule has 1 heterocycles. The van der Waals surface area contributed by atoms with E-state index in [1.165, 1.54) is 0 Å². The van der Waals surface area contributed by atoms with Crippen molar-refractivity contribution in [2.24, 2.45) is 5.41 Å². The molecule has 96 valence electrons. The van der Waals surface area contributed by atoms with Gasteiger partial charge in [0.05, 0.1) is 11.7 Å². The fraction of sp³-hybridized carbons (Fsp3) is 0.923. The Balaban J connectivity index is 1.80. The maximum Gasteiger partial charge on any atom is 0.0817 e. The van der Waals surface area contributed by atoms with Crippen LogP contribution in [0.4, 0.5) is 0 Å². The summed E-state index contributed by atoms with van der Waals surface area (Å²) in [6, 6.07) is 2.28. The van der Waals surface area contributed by atoms with E-state index in [1.54, 1.807) is 0 Å². The van der Waals surface area contributed by atoms with Crippen molar-refractivity contribution in [2.75, 3.05) is 33.4 Å². The zero-order valence-corrected chi connectivity index (χ0v) is 10.6. The average molecular weight is 238 g/mol. The Labute approximate surface area is 103 Å². The van der Waals surface area contributed by atoms with E-state index in [1.807, 2.05) is 7.05 Å². The van der Waals surface area contributed by atoms with Crippen LogP contribution in [0, 0.1) is 16.7 Å². The van der Waals surface area contributed by atoms with Crippen LogP contribution < -0.4 is 0 Å². The van der Waals surface area contributed by atoms with Gasteiger partial charge in [0.2, 0.25) is 0 Å². The second-order valence-electron chi connectivity index (χ2n) is 5.84. The third-order valence-electron chi connectivity index (χ3n) is 4.00. The number of hydrogen-bond acceptors (Lipinski definition) is 4. The quantitative estimate of drug-likeness (QED) is 0.780. The van der Waals surface area contributed by atoms with Gasteiger partial charge in [-0.2, -0.15) is 5.26 Å². The monoisotopic (exact) mass is 238 g/mol. The van der Waals surface area contributed by atoms with Gasteiger partial charge < -0.3 is 14.7 Å². The zero-order chi connectivity index (χ0) is 12.4. The van der Waals surface area contributed by atoms with Crippen molar-refractivity contribution < 1.29 is 9.84 Å². The van der Waals surface area contributed by atoms with Crippen LogP contribution in [0.25, 0.3) is 0 Å². The molecule has 0 spiro atoms. The van der Waals surface area contributed by atoms with Crippen molar-refractivity contribution in [3.8, 4) is 6.07 Å². The maximum atomic E-state index is 10.4. The molecule has 0 bridgehead atoms. The maximum absolute atomic E-state index is 10.4. The number of nitrogens with zero attached hydrogens (tertiary/aromatic N) is 2. The highest BCUT2D eigenvalue weighted by Crippen LogP contribution is 2.49. The minimum Gasteiger partial charge on any atom is -0.388 e. The lowest BCUT2D eigenvalue weighted by Gasteiger charge is -2.36. The summed E-state index contributed by atoms with van der Waals surface area (Å²) in [5, 5.41) is 19.2. The first-order valence-electron chi connectivity index (χ1n) is 6.43. The Morgan fingerprint density at radius 2 is 1.88 bits per heavy atom. The number of ether oxygens (including phenoxy) is 1. The summed E-state index contributed by atoms with van der Waals surface area (Å²) in [6.07, 6.45) is 4.42. The van der Waals surface area contributed by atoms with E-state index in [9.17, 15) is 5.11 Å². The van der Waals surface area contributed by atoms with Crippen LogP contribution in [0.2, 0.25) is 0 Å². The molecule has 2 fully saturated rings. The number of rotatable bonds is 5. The third kappa shape index (κ3) is 3.41. The van der Waals surface area contributed by atoms with Gasteiger partial charge in [0, 0.05) is 45.6 Å². The summed E-state index contributed by atoms with van der Waals surface area (Å²) in [5.41, 5.74) is -0.360. The smallest absolute Gasteiger partial charge is 0.0817 e. The fourth-order valence-electron chi connectivity index (χ4n) is 2.78. The first-order chi connectivity index (χ1) is 8.08. The molecule has 0 amide bonds. The van der Waals surface area contributed by atoms with Gasteiger partial charge in [0.15, 0.2) is 0 Å². The summed E-state index contributed by atoms with van der Waals surface area (Å²) in [6.45, 7) is 2.95. The number of hydrogen-bond donors (Lipinski definition) is 1. The summed E-state index contributed by atoms with van der Waals surface area (Å²) in [5.74, 6) is 0. The molecule has 1 aliphatic carbocycles. The largest absolute Gasteiger partial charge is 0.388 e. The second-order valence-corrected chi connectivity index (χ2v) is 5.84. The van der Waals surface area contributed by atoms with E-state index in [2.05, 4.69) is 11.0 Å². The number of nitriles is 1. The van der Waals surface area contributed by atoms with Crippen LogP contribution >= 0.6 is 0 Å². The van der Waals surface area contributed by atoms with Gasteiger partial charge in [-0.25, -0.2) is 0 Å². The molecule has 4 heteroatoms. The second kappa shape index (κ2) is 4.93. The van der Waals surface area contributed by atoms with Crippen molar-refractivity contribution in [1.29, 1.82) is 5.26 Å².